The normalized spacial score (nSPS) is 27.4. The summed E-state index contributed by atoms with van der Waals surface area (Å²) in [6.07, 6.45) is 3.68. The molecule has 3 aromatic rings. The third kappa shape index (κ3) is 5.49. The van der Waals surface area contributed by atoms with Gasteiger partial charge in [0.15, 0.2) is 0 Å². The van der Waals surface area contributed by atoms with E-state index in [0.717, 1.165) is 5.52 Å². The minimum Gasteiger partial charge on any atom is -0.494 e. The second-order valence-electron chi connectivity index (χ2n) is 14.2. The smallest absolute Gasteiger partial charge is 0.250 e. The molecule has 3 aliphatic rings. The molecule has 7 atom stereocenters. The quantitative estimate of drug-likeness (QED) is 0.252. The molecule has 3 saturated heterocycles. The Kier molecular flexibility index (Phi) is 9.62. The fraction of sp³-hybridized carbons (Fsp3) is 0.500. The van der Waals surface area contributed by atoms with Crippen LogP contribution in [0.5, 0.6) is 5.75 Å². The predicted molar refractivity (Wildman–Crippen MR) is 189 cm³/mol. The molecule has 4 heterocycles. The highest BCUT2D eigenvalue weighted by molar-refractivity contribution is 6.03. The summed E-state index contributed by atoms with van der Waals surface area (Å²) in [7, 11) is 0. The number of aliphatic hydroxyl groups excluding tert-OH is 1. The van der Waals surface area contributed by atoms with Crippen molar-refractivity contribution in [3.63, 3.8) is 0 Å². The van der Waals surface area contributed by atoms with E-state index in [4.69, 9.17) is 9.47 Å². The summed E-state index contributed by atoms with van der Waals surface area (Å²) < 4.78 is 14.3. The number of benzene rings is 2. The van der Waals surface area contributed by atoms with Crippen LogP contribution < -0.4 is 9.64 Å². The van der Waals surface area contributed by atoms with Gasteiger partial charge in [-0.3, -0.25) is 14.4 Å². The molecule has 266 valence electrons. The van der Waals surface area contributed by atoms with Gasteiger partial charge in [0.2, 0.25) is 17.7 Å². The number of ether oxygens (including phenoxy) is 2. The largest absolute Gasteiger partial charge is 0.494 e. The van der Waals surface area contributed by atoms with Gasteiger partial charge in [-0.25, -0.2) is 4.68 Å². The van der Waals surface area contributed by atoms with Crippen molar-refractivity contribution in [2.75, 3.05) is 31.2 Å². The lowest BCUT2D eigenvalue weighted by Gasteiger charge is -2.40. The van der Waals surface area contributed by atoms with Crippen LogP contribution in [0, 0.1) is 23.7 Å². The maximum Gasteiger partial charge on any atom is 0.250 e. The zero-order valence-electron chi connectivity index (χ0n) is 29.6. The van der Waals surface area contributed by atoms with Crippen LogP contribution >= 0.6 is 0 Å². The summed E-state index contributed by atoms with van der Waals surface area (Å²) in [5, 5.41) is 19.3. The molecule has 0 radical (unpaired) electrons. The molecule has 12 nitrogen and oxygen atoms in total. The van der Waals surface area contributed by atoms with Crippen LogP contribution in [0.4, 0.5) is 5.69 Å². The van der Waals surface area contributed by atoms with E-state index in [-0.39, 0.29) is 55.9 Å². The first-order chi connectivity index (χ1) is 24.0. The molecular formula is C38H48N6O6. The minimum absolute atomic E-state index is 0.0517. The van der Waals surface area contributed by atoms with Crippen LogP contribution in [-0.2, 0) is 25.8 Å². The molecule has 3 aliphatic heterocycles. The van der Waals surface area contributed by atoms with Gasteiger partial charge in [0.25, 0.3) is 0 Å². The number of hydrogen-bond acceptors (Lipinski definition) is 8. The van der Waals surface area contributed by atoms with Crippen LogP contribution in [-0.4, -0.2) is 97.2 Å². The Labute approximate surface area is 293 Å². The van der Waals surface area contributed by atoms with Crippen LogP contribution in [0.1, 0.15) is 41.0 Å². The number of para-hydroxylation sites is 1. The van der Waals surface area contributed by atoms with E-state index < -0.39 is 35.1 Å². The van der Waals surface area contributed by atoms with Crippen LogP contribution in [0.2, 0.25) is 0 Å². The Morgan fingerprint density at radius 3 is 2.46 bits per heavy atom. The van der Waals surface area contributed by atoms with Gasteiger partial charge in [0, 0.05) is 18.8 Å². The lowest BCUT2D eigenvalue weighted by molar-refractivity contribution is -0.157. The number of carbonyl (C=O) groups excluding carboxylic acids is 3. The second-order valence-corrected chi connectivity index (χ2v) is 14.2. The zero-order valence-corrected chi connectivity index (χ0v) is 29.6. The van der Waals surface area contributed by atoms with Crippen molar-refractivity contribution in [3.05, 3.63) is 73.8 Å². The summed E-state index contributed by atoms with van der Waals surface area (Å²) >= 11 is 0. The molecule has 2 bridgehead atoms. The van der Waals surface area contributed by atoms with E-state index in [2.05, 4.69) is 23.5 Å². The number of anilines is 1. The molecule has 0 saturated carbocycles. The molecule has 12 heteroatoms. The van der Waals surface area contributed by atoms with Gasteiger partial charge >= 0.3 is 0 Å². The van der Waals surface area contributed by atoms with Crippen molar-refractivity contribution < 1.29 is 29.0 Å². The van der Waals surface area contributed by atoms with E-state index in [9.17, 15) is 14.7 Å². The van der Waals surface area contributed by atoms with E-state index in [0.29, 0.717) is 30.0 Å². The highest BCUT2D eigenvalue weighted by atomic mass is 16.5. The predicted octanol–water partition coefficient (Wildman–Crippen LogP) is 4.05. The molecule has 50 heavy (non-hydrogen) atoms. The maximum atomic E-state index is 15.1. The number of amides is 3. The average molecular weight is 685 g/mol. The number of fused-ring (bicyclic) bond motifs is 2. The van der Waals surface area contributed by atoms with Crippen molar-refractivity contribution in [1.29, 1.82) is 0 Å². The van der Waals surface area contributed by atoms with Gasteiger partial charge in [0.1, 0.15) is 29.6 Å². The maximum absolute atomic E-state index is 15.1. The topological polar surface area (TPSA) is 130 Å². The highest BCUT2D eigenvalue weighted by Gasteiger charge is 2.80. The molecule has 0 aliphatic carbocycles. The number of nitrogens with zero attached hydrogens (tertiary/aromatic N) is 6. The molecular weight excluding hydrogens is 636 g/mol. The number of rotatable bonds is 14. The number of carbonyl (C=O) groups is 3. The van der Waals surface area contributed by atoms with Crippen molar-refractivity contribution in [1.82, 2.24) is 24.8 Å². The fourth-order valence-corrected chi connectivity index (χ4v) is 8.55. The fourth-order valence-electron chi connectivity index (χ4n) is 8.55. The van der Waals surface area contributed by atoms with E-state index in [1.165, 1.54) is 4.90 Å². The first-order valence-electron chi connectivity index (χ1n) is 17.4. The van der Waals surface area contributed by atoms with Gasteiger partial charge in [-0.05, 0) is 68.5 Å². The van der Waals surface area contributed by atoms with Gasteiger partial charge in [-0.15, -0.1) is 18.3 Å². The van der Waals surface area contributed by atoms with Crippen molar-refractivity contribution in [2.45, 2.75) is 71.0 Å². The van der Waals surface area contributed by atoms with E-state index in [1.807, 2.05) is 83.1 Å². The lowest BCUT2D eigenvalue weighted by Crippen LogP contribution is -2.60. The first kappa shape index (κ1) is 35.3. The van der Waals surface area contributed by atoms with Crippen molar-refractivity contribution in [3.8, 4) is 5.75 Å². The van der Waals surface area contributed by atoms with Gasteiger partial charge < -0.3 is 29.3 Å². The number of hydrogen-bond donors (Lipinski definition) is 1. The van der Waals surface area contributed by atoms with E-state index in [1.54, 1.807) is 26.6 Å². The molecule has 1 aromatic heterocycles. The summed E-state index contributed by atoms with van der Waals surface area (Å²) in [4.78, 5) is 49.7. The second kappa shape index (κ2) is 13.6. The van der Waals surface area contributed by atoms with Crippen molar-refractivity contribution in [2.24, 2.45) is 23.7 Å². The van der Waals surface area contributed by atoms with Gasteiger partial charge in [-0.1, -0.05) is 50.3 Å². The molecule has 3 unspecified atom stereocenters. The summed E-state index contributed by atoms with van der Waals surface area (Å²) in [6.45, 7) is 18.0. The van der Waals surface area contributed by atoms with Crippen LogP contribution in [0.3, 0.4) is 0 Å². The Balaban J connectivity index is 1.44. The third-order valence-corrected chi connectivity index (χ3v) is 11.0. The van der Waals surface area contributed by atoms with Gasteiger partial charge in [-0.2, -0.15) is 0 Å². The molecule has 3 amide bonds. The van der Waals surface area contributed by atoms with Crippen molar-refractivity contribution >= 4 is 34.4 Å². The Hall–Kier alpha value is -4.55. The Morgan fingerprint density at radius 2 is 1.82 bits per heavy atom. The monoisotopic (exact) mass is 684 g/mol. The minimum atomic E-state index is -1.31. The molecule has 3 fully saturated rings. The zero-order chi connectivity index (χ0) is 36.0. The Morgan fingerprint density at radius 1 is 1.12 bits per heavy atom. The van der Waals surface area contributed by atoms with Gasteiger partial charge in [0.05, 0.1) is 42.2 Å². The molecule has 1 N–H and O–H groups in total. The summed E-state index contributed by atoms with van der Waals surface area (Å²) in [5.41, 5.74) is -0.277. The summed E-state index contributed by atoms with van der Waals surface area (Å²) in [6, 6.07) is 12.9. The SMILES string of the molecule is C=CCN(Cn1nnc2ccccc21)C(=O)C1N([C@@H](CO)C(C)C)C(=O)[C@@H]2[C@@H](C(=O)N(CC=C)c3ccc(OCC)cc3)[C@]3(C)OC12CC3C. The highest BCUT2D eigenvalue weighted by Crippen LogP contribution is 2.66. The lowest BCUT2D eigenvalue weighted by atomic mass is 9.62. The van der Waals surface area contributed by atoms with E-state index >= 15 is 4.79 Å². The number of aliphatic hydroxyl groups is 1. The molecule has 1 spiro atoms. The number of aromatic nitrogens is 3. The average Bonchev–Trinajstić information content (AvgIpc) is 3.77. The Bertz CT molecular complexity index is 1770. The van der Waals surface area contributed by atoms with Crippen LogP contribution in [0.15, 0.2) is 73.8 Å². The number of likely N-dealkylation sites (tertiary alicyclic amines) is 1. The van der Waals surface area contributed by atoms with Crippen LogP contribution in [0.25, 0.3) is 11.0 Å². The third-order valence-electron chi connectivity index (χ3n) is 11.0. The summed E-state index contributed by atoms with van der Waals surface area (Å²) in [5.74, 6) is -2.53. The molecule has 6 rings (SSSR count). The molecule has 2 aromatic carbocycles. The first-order valence-corrected chi connectivity index (χ1v) is 17.4. The standard InChI is InChI=1S/C38H48N6O6/c1-8-19-41(23-43-29-14-12-11-13-28(29)39-40-43)36(48)33-38-21-25(6)37(7,50-38)31(32(38)35(47)44(33)30(22-45)24(4)5)34(46)42(20-9-2)26-15-17-27(18-16-26)49-10-3/h8-9,11-18,24-25,30-33,45H,1-2,10,19-23H2,3-7H3/t25?,30-,31-,32-,33?,37+,38?/m0/s1.